The molecule has 1 heterocycles. The topological polar surface area (TPSA) is 45.2 Å². The predicted octanol–water partition coefficient (Wildman–Crippen LogP) is 2.37. The Labute approximate surface area is 153 Å². The average molecular weight is 347 g/mol. The van der Waals surface area contributed by atoms with E-state index in [0.29, 0.717) is 11.3 Å². The van der Waals surface area contributed by atoms with Crippen molar-refractivity contribution in [2.75, 3.05) is 17.3 Å². The van der Waals surface area contributed by atoms with Gasteiger partial charge in [-0.1, -0.05) is 29.7 Å². The summed E-state index contributed by atoms with van der Waals surface area (Å²) in [4.78, 5) is 18.6. The minimum absolute atomic E-state index is 0.281. The van der Waals surface area contributed by atoms with E-state index in [1.807, 2.05) is 18.0 Å². The normalized spacial score (nSPS) is 10.4. The van der Waals surface area contributed by atoms with Crippen molar-refractivity contribution in [3.05, 3.63) is 83.8 Å². The quantitative estimate of drug-likeness (QED) is 0.721. The summed E-state index contributed by atoms with van der Waals surface area (Å²) < 4.78 is 12.9. The van der Waals surface area contributed by atoms with Crippen molar-refractivity contribution in [1.29, 1.82) is 0 Å². The summed E-state index contributed by atoms with van der Waals surface area (Å²) in [6, 6.07) is 17.5. The van der Waals surface area contributed by atoms with Gasteiger partial charge in [-0.25, -0.2) is 9.37 Å². The predicted molar refractivity (Wildman–Crippen MR) is 105 cm³/mol. The largest absolute Gasteiger partial charge is 0.355 e. The number of carbonyl (C=O) groups excluding carboxylic acids is 1. The van der Waals surface area contributed by atoms with E-state index in [9.17, 15) is 9.18 Å². The summed E-state index contributed by atoms with van der Waals surface area (Å²) >= 11 is 0. The van der Waals surface area contributed by atoms with Crippen LogP contribution in [0.1, 0.15) is 15.9 Å². The van der Waals surface area contributed by atoms with E-state index in [0.717, 1.165) is 12.4 Å². The minimum atomic E-state index is -0.342. The van der Waals surface area contributed by atoms with Crippen LogP contribution >= 0.6 is 0 Å². The highest BCUT2D eigenvalue weighted by molar-refractivity contribution is 6.32. The van der Waals surface area contributed by atoms with Gasteiger partial charge in [0.2, 0.25) is 0 Å². The fourth-order valence-electron chi connectivity index (χ4n) is 2.53. The molecule has 6 heteroatoms. The highest BCUT2D eigenvalue weighted by Gasteiger charge is 2.09. The molecule has 1 amide bonds. The van der Waals surface area contributed by atoms with Crippen molar-refractivity contribution >= 4 is 30.7 Å². The lowest BCUT2D eigenvalue weighted by atomic mass is 9.95. The number of hydrogen-bond donors (Lipinski definition) is 1. The van der Waals surface area contributed by atoms with Gasteiger partial charge in [-0.3, -0.25) is 4.79 Å². The number of nitrogens with zero attached hydrogens (tertiary/aromatic N) is 2. The summed E-state index contributed by atoms with van der Waals surface area (Å²) in [6.45, 7) is 0.731. The second-order valence-electron chi connectivity index (χ2n) is 6.21. The fourth-order valence-corrected chi connectivity index (χ4v) is 2.53. The van der Waals surface area contributed by atoms with Crippen LogP contribution in [0.5, 0.6) is 0 Å². The van der Waals surface area contributed by atoms with Gasteiger partial charge in [0.25, 0.3) is 5.91 Å². The number of nitrogens with one attached hydrogen (secondary N) is 1. The van der Waals surface area contributed by atoms with Gasteiger partial charge in [0.1, 0.15) is 19.5 Å². The number of halogens is 1. The standard InChI is InChI=1S/C20H19BFN3O/c1-25(13-14-2-5-16(21)6-3-14)19-11-4-15(12-23-19)20(26)24-18-9-7-17(22)8-10-18/h2-12H,13,21H2,1H3,(H,24,26). The van der Waals surface area contributed by atoms with Crippen LogP contribution in [0.2, 0.25) is 0 Å². The first-order valence-corrected chi connectivity index (χ1v) is 8.31. The van der Waals surface area contributed by atoms with Crippen LogP contribution in [0, 0.1) is 5.82 Å². The highest BCUT2D eigenvalue weighted by atomic mass is 19.1. The maximum Gasteiger partial charge on any atom is 0.257 e. The molecule has 0 atom stereocenters. The summed E-state index contributed by atoms with van der Waals surface area (Å²) in [6.07, 6.45) is 1.54. The summed E-state index contributed by atoms with van der Waals surface area (Å²) in [7, 11) is 4.02. The molecular weight excluding hydrogens is 328 g/mol. The SMILES string of the molecule is Bc1ccc(CN(C)c2ccc(C(=O)Nc3ccc(F)cc3)cn2)cc1. The number of pyridine rings is 1. The summed E-state index contributed by atoms with van der Waals surface area (Å²) in [5.41, 5.74) is 3.41. The first-order valence-electron chi connectivity index (χ1n) is 8.31. The molecule has 0 spiro atoms. The number of hydrogen-bond acceptors (Lipinski definition) is 3. The van der Waals surface area contributed by atoms with E-state index in [1.54, 1.807) is 12.3 Å². The lowest BCUT2D eigenvalue weighted by molar-refractivity contribution is 0.102. The zero-order chi connectivity index (χ0) is 18.5. The van der Waals surface area contributed by atoms with Crippen LogP contribution in [0.25, 0.3) is 0 Å². The maximum atomic E-state index is 12.9. The van der Waals surface area contributed by atoms with Gasteiger partial charge < -0.3 is 10.2 Å². The lowest BCUT2D eigenvalue weighted by Crippen LogP contribution is -2.19. The highest BCUT2D eigenvalue weighted by Crippen LogP contribution is 2.15. The van der Waals surface area contributed by atoms with Crippen LogP contribution < -0.4 is 15.7 Å². The zero-order valence-electron chi connectivity index (χ0n) is 14.7. The molecule has 3 aromatic rings. The molecule has 0 aliphatic carbocycles. The number of rotatable bonds is 5. The van der Waals surface area contributed by atoms with E-state index >= 15 is 0 Å². The molecule has 1 aromatic heterocycles. The van der Waals surface area contributed by atoms with Gasteiger partial charge in [-0.05, 0) is 42.0 Å². The van der Waals surface area contributed by atoms with Crippen molar-refractivity contribution in [1.82, 2.24) is 4.98 Å². The molecule has 0 unspecified atom stereocenters. The van der Waals surface area contributed by atoms with Crippen LogP contribution in [0.3, 0.4) is 0 Å². The van der Waals surface area contributed by atoms with E-state index in [2.05, 4.69) is 42.4 Å². The number of amides is 1. The van der Waals surface area contributed by atoms with Gasteiger partial charge in [0.15, 0.2) is 0 Å². The molecule has 0 radical (unpaired) electrons. The Morgan fingerprint density at radius 2 is 1.77 bits per heavy atom. The Balaban J connectivity index is 1.64. The molecule has 0 bridgehead atoms. The van der Waals surface area contributed by atoms with Crippen molar-refractivity contribution in [3.8, 4) is 0 Å². The number of anilines is 2. The molecular formula is C20H19BFN3O. The monoisotopic (exact) mass is 347 g/mol. The molecule has 26 heavy (non-hydrogen) atoms. The van der Waals surface area contributed by atoms with Gasteiger partial charge in [0, 0.05) is 25.5 Å². The van der Waals surface area contributed by atoms with E-state index in [4.69, 9.17) is 0 Å². The van der Waals surface area contributed by atoms with Gasteiger partial charge in [-0.2, -0.15) is 0 Å². The number of aromatic nitrogens is 1. The van der Waals surface area contributed by atoms with Crippen LogP contribution in [0.15, 0.2) is 66.9 Å². The summed E-state index contributed by atoms with van der Waals surface area (Å²) in [5.74, 6) is 0.159. The maximum absolute atomic E-state index is 12.9. The Hall–Kier alpha value is -3.15. The first kappa shape index (κ1) is 17.7. The Morgan fingerprint density at radius 1 is 1.08 bits per heavy atom. The molecule has 3 rings (SSSR count). The smallest absolute Gasteiger partial charge is 0.257 e. The third-order valence-electron chi connectivity index (χ3n) is 4.04. The van der Waals surface area contributed by atoms with Gasteiger partial charge in [-0.15, -0.1) is 0 Å². The Bertz CT molecular complexity index is 880. The van der Waals surface area contributed by atoms with E-state index in [-0.39, 0.29) is 11.7 Å². The molecule has 2 aromatic carbocycles. The van der Waals surface area contributed by atoms with Crippen LogP contribution in [0.4, 0.5) is 15.9 Å². The third kappa shape index (κ3) is 4.48. The minimum Gasteiger partial charge on any atom is -0.355 e. The van der Waals surface area contributed by atoms with Crippen molar-refractivity contribution in [2.45, 2.75) is 6.54 Å². The van der Waals surface area contributed by atoms with Crippen LogP contribution in [-0.4, -0.2) is 25.8 Å². The lowest BCUT2D eigenvalue weighted by Gasteiger charge is -2.18. The van der Waals surface area contributed by atoms with E-state index in [1.165, 1.54) is 35.3 Å². The molecule has 0 saturated carbocycles. The molecule has 0 aliphatic heterocycles. The zero-order valence-corrected chi connectivity index (χ0v) is 14.7. The summed E-state index contributed by atoms with van der Waals surface area (Å²) in [5, 5.41) is 2.72. The number of benzene rings is 2. The first-order chi connectivity index (χ1) is 12.5. The molecule has 4 nitrogen and oxygen atoms in total. The molecule has 0 fully saturated rings. The molecule has 0 aliphatic rings. The Kier molecular flexibility index (Phi) is 5.32. The molecule has 0 saturated heterocycles. The average Bonchev–Trinajstić information content (AvgIpc) is 2.65. The van der Waals surface area contributed by atoms with E-state index < -0.39 is 0 Å². The second-order valence-corrected chi connectivity index (χ2v) is 6.21. The van der Waals surface area contributed by atoms with Crippen molar-refractivity contribution < 1.29 is 9.18 Å². The van der Waals surface area contributed by atoms with Crippen LogP contribution in [-0.2, 0) is 6.54 Å². The number of carbonyl (C=O) groups is 1. The van der Waals surface area contributed by atoms with Gasteiger partial charge >= 0.3 is 0 Å². The second kappa shape index (κ2) is 7.82. The third-order valence-corrected chi connectivity index (χ3v) is 4.04. The van der Waals surface area contributed by atoms with Crippen molar-refractivity contribution in [2.24, 2.45) is 0 Å². The van der Waals surface area contributed by atoms with Crippen molar-refractivity contribution in [3.63, 3.8) is 0 Å². The Morgan fingerprint density at radius 3 is 2.38 bits per heavy atom. The fraction of sp³-hybridized carbons (Fsp3) is 0.100. The van der Waals surface area contributed by atoms with Gasteiger partial charge in [0.05, 0.1) is 5.56 Å². The molecule has 1 N–H and O–H groups in total. The molecule has 130 valence electrons.